The van der Waals surface area contributed by atoms with E-state index in [1.165, 1.54) is 11.1 Å². The Bertz CT molecular complexity index is 565. The SMILES string of the molecule is Clc1ccc(CN2C=CN(Cc3ccc(Cl)cc3)C2)cc1. The highest BCUT2D eigenvalue weighted by Crippen LogP contribution is 2.17. The fourth-order valence-corrected chi connectivity index (χ4v) is 2.62. The highest BCUT2D eigenvalue weighted by Gasteiger charge is 2.12. The third-order valence-corrected chi connectivity index (χ3v) is 3.95. The average Bonchev–Trinajstić information content (AvgIpc) is 2.91. The molecule has 1 heterocycles. The van der Waals surface area contributed by atoms with Crippen molar-refractivity contribution in [2.75, 3.05) is 6.67 Å². The van der Waals surface area contributed by atoms with Crippen LogP contribution in [0.1, 0.15) is 11.1 Å². The van der Waals surface area contributed by atoms with Crippen LogP contribution in [0, 0.1) is 0 Å². The van der Waals surface area contributed by atoms with Gasteiger partial charge in [-0.15, -0.1) is 0 Å². The molecule has 1 aliphatic rings. The van der Waals surface area contributed by atoms with Crippen LogP contribution in [0.25, 0.3) is 0 Å². The number of benzene rings is 2. The third kappa shape index (κ3) is 3.93. The second-order valence-electron chi connectivity index (χ2n) is 5.19. The highest BCUT2D eigenvalue weighted by atomic mass is 35.5. The largest absolute Gasteiger partial charge is 0.354 e. The summed E-state index contributed by atoms with van der Waals surface area (Å²) in [5, 5.41) is 1.56. The average molecular weight is 319 g/mol. The van der Waals surface area contributed by atoms with Gasteiger partial charge in [-0.2, -0.15) is 0 Å². The summed E-state index contributed by atoms with van der Waals surface area (Å²) in [6.07, 6.45) is 4.26. The number of hydrogen-bond acceptors (Lipinski definition) is 2. The van der Waals surface area contributed by atoms with Crippen LogP contribution >= 0.6 is 23.2 Å². The Hall–Kier alpha value is -1.64. The van der Waals surface area contributed by atoms with Crippen molar-refractivity contribution in [3.63, 3.8) is 0 Å². The summed E-state index contributed by atoms with van der Waals surface area (Å²) in [7, 11) is 0. The topological polar surface area (TPSA) is 6.48 Å². The maximum absolute atomic E-state index is 5.91. The summed E-state index contributed by atoms with van der Waals surface area (Å²) in [5.74, 6) is 0. The Morgan fingerprint density at radius 1 is 0.667 bits per heavy atom. The lowest BCUT2D eigenvalue weighted by atomic mass is 10.2. The van der Waals surface area contributed by atoms with Crippen LogP contribution in [0.5, 0.6) is 0 Å². The maximum atomic E-state index is 5.91. The Morgan fingerprint density at radius 2 is 1.05 bits per heavy atom. The molecule has 0 aliphatic carbocycles. The first-order valence-electron chi connectivity index (χ1n) is 6.84. The van der Waals surface area contributed by atoms with Crippen molar-refractivity contribution in [3.8, 4) is 0 Å². The van der Waals surface area contributed by atoms with Gasteiger partial charge in [0.25, 0.3) is 0 Å². The first-order valence-corrected chi connectivity index (χ1v) is 7.60. The Labute approximate surface area is 135 Å². The van der Waals surface area contributed by atoms with Gasteiger partial charge in [0.05, 0.1) is 6.67 Å². The lowest BCUT2D eigenvalue weighted by molar-refractivity contribution is 0.255. The molecular weight excluding hydrogens is 303 g/mol. The fourth-order valence-electron chi connectivity index (χ4n) is 2.37. The van der Waals surface area contributed by atoms with Crippen molar-refractivity contribution in [2.45, 2.75) is 13.1 Å². The molecule has 0 bridgehead atoms. The summed E-state index contributed by atoms with van der Waals surface area (Å²) in [6.45, 7) is 2.68. The van der Waals surface area contributed by atoms with Gasteiger partial charge in [-0.05, 0) is 35.4 Å². The molecule has 2 nitrogen and oxygen atoms in total. The quantitative estimate of drug-likeness (QED) is 0.803. The molecule has 2 aromatic rings. The predicted octanol–water partition coefficient (Wildman–Crippen LogP) is 4.74. The number of nitrogens with zero attached hydrogens (tertiary/aromatic N) is 2. The normalized spacial score (nSPS) is 14.0. The van der Waals surface area contributed by atoms with Crippen LogP contribution in [0.2, 0.25) is 10.0 Å². The molecule has 0 fully saturated rings. The number of halogens is 2. The molecule has 0 amide bonds. The van der Waals surface area contributed by atoms with Gasteiger partial charge >= 0.3 is 0 Å². The second kappa shape index (κ2) is 6.42. The third-order valence-electron chi connectivity index (χ3n) is 3.45. The van der Waals surface area contributed by atoms with Gasteiger partial charge < -0.3 is 9.80 Å². The standard InChI is InChI=1S/C17H16Cl2N2/c18-16-5-1-14(2-6-16)11-20-9-10-21(13-20)12-15-3-7-17(19)8-4-15/h1-10H,11-13H2. The van der Waals surface area contributed by atoms with Crippen molar-refractivity contribution in [1.82, 2.24) is 9.80 Å². The molecule has 1 aliphatic heterocycles. The molecule has 3 rings (SSSR count). The van der Waals surface area contributed by atoms with E-state index in [2.05, 4.69) is 46.5 Å². The fraction of sp³-hybridized carbons (Fsp3) is 0.176. The number of rotatable bonds is 4. The highest BCUT2D eigenvalue weighted by molar-refractivity contribution is 6.30. The van der Waals surface area contributed by atoms with Crippen molar-refractivity contribution in [2.24, 2.45) is 0 Å². The summed E-state index contributed by atoms with van der Waals surface area (Å²) >= 11 is 11.8. The van der Waals surface area contributed by atoms with Gasteiger partial charge in [0.15, 0.2) is 0 Å². The lowest BCUT2D eigenvalue weighted by Gasteiger charge is -2.21. The monoisotopic (exact) mass is 318 g/mol. The van der Waals surface area contributed by atoms with Crippen LogP contribution in [-0.2, 0) is 13.1 Å². The van der Waals surface area contributed by atoms with Crippen LogP contribution in [-0.4, -0.2) is 16.5 Å². The van der Waals surface area contributed by atoms with Crippen LogP contribution in [0.4, 0.5) is 0 Å². The van der Waals surface area contributed by atoms with Crippen LogP contribution in [0.3, 0.4) is 0 Å². The van der Waals surface area contributed by atoms with E-state index in [1.54, 1.807) is 0 Å². The molecule has 0 unspecified atom stereocenters. The first kappa shape index (κ1) is 14.3. The van der Waals surface area contributed by atoms with E-state index in [1.807, 2.05) is 24.3 Å². The van der Waals surface area contributed by atoms with E-state index in [-0.39, 0.29) is 0 Å². The molecule has 0 saturated carbocycles. The van der Waals surface area contributed by atoms with Crippen molar-refractivity contribution < 1.29 is 0 Å². The molecule has 0 N–H and O–H groups in total. The maximum Gasteiger partial charge on any atom is 0.0900 e. The van der Waals surface area contributed by atoms with Gasteiger partial charge in [-0.1, -0.05) is 47.5 Å². The first-order chi connectivity index (χ1) is 10.2. The molecule has 2 aromatic carbocycles. The van der Waals surface area contributed by atoms with Gasteiger partial charge in [0.1, 0.15) is 0 Å². The Morgan fingerprint density at radius 3 is 1.43 bits per heavy atom. The molecule has 0 spiro atoms. The molecule has 0 atom stereocenters. The summed E-state index contributed by atoms with van der Waals surface area (Å²) in [4.78, 5) is 4.55. The Kier molecular flexibility index (Phi) is 4.37. The smallest absolute Gasteiger partial charge is 0.0900 e. The van der Waals surface area contributed by atoms with E-state index >= 15 is 0 Å². The van der Waals surface area contributed by atoms with E-state index in [9.17, 15) is 0 Å². The molecular formula is C17H16Cl2N2. The zero-order valence-electron chi connectivity index (χ0n) is 11.5. The molecule has 0 saturated heterocycles. The molecule has 0 aromatic heterocycles. The van der Waals surface area contributed by atoms with Gasteiger partial charge in [0, 0.05) is 35.5 Å². The van der Waals surface area contributed by atoms with Crippen molar-refractivity contribution in [3.05, 3.63) is 82.1 Å². The molecule has 4 heteroatoms. The zero-order valence-corrected chi connectivity index (χ0v) is 13.1. The second-order valence-corrected chi connectivity index (χ2v) is 6.06. The van der Waals surface area contributed by atoms with E-state index in [0.29, 0.717) is 0 Å². The van der Waals surface area contributed by atoms with Crippen LogP contribution in [0.15, 0.2) is 60.9 Å². The van der Waals surface area contributed by atoms with Crippen LogP contribution < -0.4 is 0 Å². The molecule has 21 heavy (non-hydrogen) atoms. The molecule has 108 valence electrons. The van der Waals surface area contributed by atoms with E-state index in [0.717, 1.165) is 29.8 Å². The predicted molar refractivity (Wildman–Crippen MR) is 88.0 cm³/mol. The minimum atomic E-state index is 0.778. The zero-order chi connectivity index (χ0) is 14.7. The Balaban J connectivity index is 1.55. The van der Waals surface area contributed by atoms with Gasteiger partial charge in [-0.25, -0.2) is 0 Å². The van der Waals surface area contributed by atoms with Crippen molar-refractivity contribution >= 4 is 23.2 Å². The van der Waals surface area contributed by atoms with Crippen molar-refractivity contribution in [1.29, 1.82) is 0 Å². The lowest BCUT2D eigenvalue weighted by Crippen LogP contribution is -2.24. The molecule has 0 radical (unpaired) electrons. The summed E-state index contributed by atoms with van der Waals surface area (Å²) < 4.78 is 0. The van der Waals surface area contributed by atoms with E-state index < -0.39 is 0 Å². The minimum absolute atomic E-state index is 0.778. The summed E-state index contributed by atoms with van der Waals surface area (Å²) in [5.41, 5.74) is 2.52. The van der Waals surface area contributed by atoms with E-state index in [4.69, 9.17) is 23.2 Å². The van der Waals surface area contributed by atoms with Gasteiger partial charge in [-0.3, -0.25) is 0 Å². The minimum Gasteiger partial charge on any atom is -0.354 e. The van der Waals surface area contributed by atoms with Gasteiger partial charge in [0.2, 0.25) is 0 Å². The number of hydrogen-bond donors (Lipinski definition) is 0. The summed E-state index contributed by atoms with van der Waals surface area (Å²) in [6, 6.07) is 16.0.